The summed E-state index contributed by atoms with van der Waals surface area (Å²) in [5, 5.41) is 6.02. The smallest absolute Gasteiger partial charge is 0.246 e. The SMILES string of the molecule is CC1(C(=O)Nc2ncc[nH]2)CCCCN1. The Balaban J connectivity index is 2.00. The Morgan fingerprint density at radius 3 is 3.07 bits per heavy atom. The van der Waals surface area contributed by atoms with E-state index in [4.69, 9.17) is 0 Å². The number of nitrogens with one attached hydrogen (secondary N) is 3. The maximum Gasteiger partial charge on any atom is 0.246 e. The van der Waals surface area contributed by atoms with Gasteiger partial charge < -0.3 is 10.3 Å². The molecule has 0 bridgehead atoms. The number of piperidine rings is 1. The summed E-state index contributed by atoms with van der Waals surface area (Å²) in [6.45, 7) is 2.84. The number of hydrogen-bond acceptors (Lipinski definition) is 3. The molecule has 2 rings (SSSR count). The van der Waals surface area contributed by atoms with E-state index >= 15 is 0 Å². The van der Waals surface area contributed by atoms with Crippen LogP contribution >= 0.6 is 0 Å². The van der Waals surface area contributed by atoms with Crippen LogP contribution in [-0.2, 0) is 4.79 Å². The number of rotatable bonds is 2. The molecule has 5 heteroatoms. The zero-order chi connectivity index (χ0) is 10.7. The van der Waals surface area contributed by atoms with Gasteiger partial charge in [-0.1, -0.05) is 0 Å². The van der Waals surface area contributed by atoms with Gasteiger partial charge in [0.2, 0.25) is 11.9 Å². The van der Waals surface area contributed by atoms with Crippen molar-refractivity contribution in [2.75, 3.05) is 11.9 Å². The molecular weight excluding hydrogens is 192 g/mol. The molecule has 0 spiro atoms. The Morgan fingerprint density at radius 1 is 1.60 bits per heavy atom. The van der Waals surface area contributed by atoms with E-state index in [1.165, 1.54) is 0 Å². The Hall–Kier alpha value is -1.36. The molecule has 1 aliphatic heterocycles. The summed E-state index contributed by atoms with van der Waals surface area (Å²) in [4.78, 5) is 18.8. The van der Waals surface area contributed by atoms with Gasteiger partial charge in [-0.15, -0.1) is 0 Å². The van der Waals surface area contributed by atoms with Crippen LogP contribution in [0.2, 0.25) is 0 Å². The van der Waals surface area contributed by atoms with Gasteiger partial charge in [0.25, 0.3) is 0 Å². The normalized spacial score (nSPS) is 26.2. The predicted molar refractivity (Wildman–Crippen MR) is 57.5 cm³/mol. The molecule has 1 aromatic heterocycles. The number of H-pyrrole nitrogens is 1. The lowest BCUT2D eigenvalue weighted by atomic mass is 9.90. The average molecular weight is 208 g/mol. The van der Waals surface area contributed by atoms with Crippen molar-refractivity contribution >= 4 is 11.9 Å². The third-order valence-corrected chi connectivity index (χ3v) is 2.85. The zero-order valence-electron chi connectivity index (χ0n) is 8.84. The molecule has 1 fully saturated rings. The van der Waals surface area contributed by atoms with Gasteiger partial charge in [0.15, 0.2) is 0 Å². The van der Waals surface area contributed by atoms with Gasteiger partial charge in [-0.2, -0.15) is 0 Å². The topological polar surface area (TPSA) is 69.8 Å². The average Bonchev–Trinajstić information content (AvgIpc) is 2.71. The van der Waals surface area contributed by atoms with E-state index in [1.807, 2.05) is 6.92 Å². The lowest BCUT2D eigenvalue weighted by molar-refractivity contribution is -0.122. The number of aromatic nitrogens is 2. The van der Waals surface area contributed by atoms with Gasteiger partial charge >= 0.3 is 0 Å². The highest BCUT2D eigenvalue weighted by Gasteiger charge is 2.34. The van der Waals surface area contributed by atoms with Crippen LogP contribution in [0.4, 0.5) is 5.95 Å². The van der Waals surface area contributed by atoms with Crippen LogP contribution in [-0.4, -0.2) is 28.0 Å². The van der Waals surface area contributed by atoms with Crippen molar-refractivity contribution in [2.45, 2.75) is 31.7 Å². The Kier molecular flexibility index (Phi) is 2.73. The molecule has 82 valence electrons. The molecule has 0 radical (unpaired) electrons. The number of imidazole rings is 1. The van der Waals surface area contributed by atoms with E-state index in [0.29, 0.717) is 5.95 Å². The number of hydrogen-bond donors (Lipinski definition) is 3. The first-order chi connectivity index (χ1) is 7.21. The van der Waals surface area contributed by atoms with Crippen molar-refractivity contribution in [3.63, 3.8) is 0 Å². The lowest BCUT2D eigenvalue weighted by Crippen LogP contribution is -2.54. The van der Waals surface area contributed by atoms with E-state index in [1.54, 1.807) is 12.4 Å². The molecule has 1 aromatic rings. The van der Waals surface area contributed by atoms with Crippen molar-refractivity contribution in [1.82, 2.24) is 15.3 Å². The minimum absolute atomic E-state index is 0.0165. The molecule has 0 saturated carbocycles. The number of aromatic amines is 1. The van der Waals surface area contributed by atoms with E-state index in [0.717, 1.165) is 25.8 Å². The number of anilines is 1. The van der Waals surface area contributed by atoms with Crippen LogP contribution in [0, 0.1) is 0 Å². The molecule has 1 unspecified atom stereocenters. The predicted octanol–water partition coefficient (Wildman–Crippen LogP) is 0.880. The summed E-state index contributed by atoms with van der Waals surface area (Å²) in [6.07, 6.45) is 6.41. The number of carbonyl (C=O) groups excluding carboxylic acids is 1. The Bertz CT molecular complexity index is 327. The maximum absolute atomic E-state index is 12.0. The summed E-state index contributed by atoms with van der Waals surface area (Å²) >= 11 is 0. The van der Waals surface area contributed by atoms with Crippen molar-refractivity contribution < 1.29 is 4.79 Å². The van der Waals surface area contributed by atoms with Gasteiger partial charge in [0.05, 0.1) is 5.54 Å². The number of carbonyl (C=O) groups is 1. The minimum atomic E-state index is -0.453. The first-order valence-corrected chi connectivity index (χ1v) is 5.27. The fraction of sp³-hybridized carbons (Fsp3) is 0.600. The van der Waals surface area contributed by atoms with Gasteiger partial charge in [-0.25, -0.2) is 4.98 Å². The summed E-state index contributed by atoms with van der Waals surface area (Å²) in [6, 6.07) is 0. The zero-order valence-corrected chi connectivity index (χ0v) is 8.84. The fourth-order valence-corrected chi connectivity index (χ4v) is 1.83. The standard InChI is InChI=1S/C10H16N4O/c1-10(4-2-3-5-13-10)8(15)14-9-11-6-7-12-9/h6-7,13H,2-5H2,1H3,(H2,11,12,14,15). The summed E-state index contributed by atoms with van der Waals surface area (Å²) < 4.78 is 0. The van der Waals surface area contributed by atoms with Crippen LogP contribution in [0.15, 0.2) is 12.4 Å². The summed E-state index contributed by atoms with van der Waals surface area (Å²) in [5.74, 6) is 0.491. The van der Waals surface area contributed by atoms with Gasteiger partial charge in [0.1, 0.15) is 0 Å². The molecular formula is C10H16N4O. The third-order valence-electron chi connectivity index (χ3n) is 2.85. The van der Waals surface area contributed by atoms with Crippen molar-refractivity contribution in [2.24, 2.45) is 0 Å². The van der Waals surface area contributed by atoms with Gasteiger partial charge in [-0.3, -0.25) is 10.1 Å². The number of nitrogens with zero attached hydrogens (tertiary/aromatic N) is 1. The Morgan fingerprint density at radius 2 is 2.47 bits per heavy atom. The molecule has 0 aliphatic carbocycles. The van der Waals surface area contributed by atoms with Crippen molar-refractivity contribution in [3.8, 4) is 0 Å². The van der Waals surface area contributed by atoms with Crippen molar-refractivity contribution in [1.29, 1.82) is 0 Å². The lowest BCUT2D eigenvalue weighted by Gasteiger charge is -2.33. The van der Waals surface area contributed by atoms with E-state index in [-0.39, 0.29) is 5.91 Å². The van der Waals surface area contributed by atoms with E-state index in [2.05, 4.69) is 20.6 Å². The highest BCUT2D eigenvalue weighted by Crippen LogP contribution is 2.19. The van der Waals surface area contributed by atoms with Crippen LogP contribution in [0.1, 0.15) is 26.2 Å². The third kappa shape index (κ3) is 2.18. The second kappa shape index (κ2) is 4.02. The molecule has 1 saturated heterocycles. The van der Waals surface area contributed by atoms with E-state index in [9.17, 15) is 4.79 Å². The quantitative estimate of drug-likeness (QED) is 0.675. The van der Waals surface area contributed by atoms with Gasteiger partial charge in [-0.05, 0) is 32.7 Å². The molecule has 1 atom stereocenters. The molecule has 1 aliphatic rings. The first-order valence-electron chi connectivity index (χ1n) is 5.27. The number of amides is 1. The summed E-state index contributed by atoms with van der Waals surface area (Å²) in [5.41, 5.74) is -0.453. The molecule has 1 amide bonds. The van der Waals surface area contributed by atoms with Gasteiger partial charge in [0, 0.05) is 12.4 Å². The monoisotopic (exact) mass is 208 g/mol. The first kappa shape index (κ1) is 10.2. The molecule has 2 heterocycles. The molecule has 15 heavy (non-hydrogen) atoms. The molecule has 3 N–H and O–H groups in total. The second-order valence-electron chi connectivity index (χ2n) is 4.11. The molecule has 0 aromatic carbocycles. The van der Waals surface area contributed by atoms with Crippen LogP contribution < -0.4 is 10.6 Å². The van der Waals surface area contributed by atoms with Crippen LogP contribution in [0.5, 0.6) is 0 Å². The van der Waals surface area contributed by atoms with E-state index < -0.39 is 5.54 Å². The van der Waals surface area contributed by atoms with Crippen molar-refractivity contribution in [3.05, 3.63) is 12.4 Å². The largest absolute Gasteiger partial charge is 0.331 e. The highest BCUT2D eigenvalue weighted by molar-refractivity contribution is 5.96. The highest BCUT2D eigenvalue weighted by atomic mass is 16.2. The maximum atomic E-state index is 12.0. The minimum Gasteiger partial charge on any atom is -0.331 e. The molecule has 5 nitrogen and oxygen atoms in total. The Labute approximate surface area is 88.7 Å². The second-order valence-corrected chi connectivity index (χ2v) is 4.11. The summed E-state index contributed by atoms with van der Waals surface area (Å²) in [7, 11) is 0. The fourth-order valence-electron chi connectivity index (χ4n) is 1.83. The van der Waals surface area contributed by atoms with Crippen LogP contribution in [0.25, 0.3) is 0 Å². The van der Waals surface area contributed by atoms with Crippen LogP contribution in [0.3, 0.4) is 0 Å².